The van der Waals surface area contributed by atoms with Crippen molar-refractivity contribution < 1.29 is 5.11 Å². The third kappa shape index (κ3) is 2.28. The maximum absolute atomic E-state index is 10.4. The number of nitrogens with zero attached hydrogens (tertiary/aromatic N) is 2. The van der Waals surface area contributed by atoms with Crippen LogP contribution in [0.2, 0.25) is 0 Å². The lowest BCUT2D eigenvalue weighted by atomic mass is 10.0. The molecule has 17 heavy (non-hydrogen) atoms. The predicted molar refractivity (Wildman–Crippen MR) is 70.8 cm³/mol. The fourth-order valence-corrected chi connectivity index (χ4v) is 2.30. The minimum Gasteiger partial charge on any atom is -0.382 e. The summed E-state index contributed by atoms with van der Waals surface area (Å²) in [6.07, 6.45) is 1.09. The number of aliphatic hydroxyl groups is 1. The number of aliphatic hydroxyl groups excluding tert-OH is 1. The van der Waals surface area contributed by atoms with Gasteiger partial charge in [-0.25, -0.2) is 0 Å². The molecule has 1 aromatic carbocycles. The molecule has 0 aliphatic heterocycles. The summed E-state index contributed by atoms with van der Waals surface area (Å²) in [6.45, 7) is 4.76. The lowest BCUT2D eigenvalue weighted by Crippen LogP contribution is -2.10. The summed E-state index contributed by atoms with van der Waals surface area (Å²) in [4.78, 5) is 0. The summed E-state index contributed by atoms with van der Waals surface area (Å²) in [5.74, 6) is 0. The van der Waals surface area contributed by atoms with Gasteiger partial charge in [-0.3, -0.25) is 4.68 Å². The van der Waals surface area contributed by atoms with Crippen LogP contribution in [0.4, 0.5) is 0 Å². The van der Waals surface area contributed by atoms with E-state index in [9.17, 15) is 5.11 Å². The van der Waals surface area contributed by atoms with Gasteiger partial charge in [-0.1, -0.05) is 28.1 Å². The average molecular weight is 295 g/mol. The molecule has 1 aromatic heterocycles. The Morgan fingerprint density at radius 2 is 2.18 bits per heavy atom. The first-order valence-electron chi connectivity index (χ1n) is 5.60. The van der Waals surface area contributed by atoms with Crippen LogP contribution in [-0.2, 0) is 6.54 Å². The Hall–Kier alpha value is -1.13. The number of rotatable bonds is 3. The monoisotopic (exact) mass is 294 g/mol. The van der Waals surface area contributed by atoms with Crippen molar-refractivity contribution in [3.05, 3.63) is 51.8 Å². The van der Waals surface area contributed by atoms with Crippen molar-refractivity contribution in [2.75, 3.05) is 0 Å². The number of hydrogen-bond acceptors (Lipinski definition) is 2. The Kier molecular flexibility index (Phi) is 3.64. The van der Waals surface area contributed by atoms with E-state index in [4.69, 9.17) is 0 Å². The highest BCUT2D eigenvalue weighted by molar-refractivity contribution is 9.10. The second kappa shape index (κ2) is 5.02. The van der Waals surface area contributed by atoms with E-state index in [0.29, 0.717) is 0 Å². The maximum atomic E-state index is 10.4. The maximum Gasteiger partial charge on any atom is 0.121 e. The molecule has 1 heterocycles. The van der Waals surface area contributed by atoms with Gasteiger partial charge in [0.15, 0.2) is 0 Å². The summed E-state index contributed by atoms with van der Waals surface area (Å²) >= 11 is 3.48. The summed E-state index contributed by atoms with van der Waals surface area (Å²) < 4.78 is 2.82. The zero-order valence-electron chi connectivity index (χ0n) is 9.89. The largest absolute Gasteiger partial charge is 0.382 e. The highest BCUT2D eigenvalue weighted by Gasteiger charge is 2.17. The molecule has 3 nitrogen and oxygen atoms in total. The van der Waals surface area contributed by atoms with Crippen LogP contribution in [0.15, 0.2) is 34.9 Å². The van der Waals surface area contributed by atoms with E-state index in [2.05, 4.69) is 21.0 Å². The van der Waals surface area contributed by atoms with Crippen molar-refractivity contribution >= 4 is 15.9 Å². The molecular formula is C13H15BrN2O. The Labute approximate surface area is 109 Å². The molecule has 0 saturated carbocycles. The molecule has 0 fully saturated rings. The summed E-state index contributed by atoms with van der Waals surface area (Å²) in [5, 5.41) is 14.6. The Bertz CT molecular complexity index is 522. The van der Waals surface area contributed by atoms with Crippen LogP contribution < -0.4 is 0 Å². The van der Waals surface area contributed by atoms with Crippen molar-refractivity contribution in [3.63, 3.8) is 0 Å². The number of hydrogen-bond donors (Lipinski definition) is 1. The van der Waals surface area contributed by atoms with Gasteiger partial charge in [-0.05, 0) is 37.1 Å². The van der Waals surface area contributed by atoms with Crippen molar-refractivity contribution in [1.29, 1.82) is 0 Å². The minimum absolute atomic E-state index is 0.630. The molecule has 2 aromatic rings. The average Bonchev–Trinajstić information content (AvgIpc) is 2.80. The Morgan fingerprint density at radius 3 is 2.88 bits per heavy atom. The van der Waals surface area contributed by atoms with Crippen molar-refractivity contribution in [3.8, 4) is 0 Å². The van der Waals surface area contributed by atoms with E-state index in [1.165, 1.54) is 0 Å². The van der Waals surface area contributed by atoms with E-state index < -0.39 is 6.10 Å². The lowest BCUT2D eigenvalue weighted by molar-refractivity contribution is 0.207. The third-order valence-corrected chi connectivity index (χ3v) is 3.79. The minimum atomic E-state index is -0.630. The molecule has 4 heteroatoms. The highest BCUT2D eigenvalue weighted by atomic mass is 79.9. The van der Waals surface area contributed by atoms with E-state index in [0.717, 1.165) is 27.8 Å². The van der Waals surface area contributed by atoms with E-state index >= 15 is 0 Å². The van der Waals surface area contributed by atoms with Gasteiger partial charge in [0.05, 0.1) is 5.69 Å². The van der Waals surface area contributed by atoms with Gasteiger partial charge < -0.3 is 5.11 Å². The fraction of sp³-hybridized carbons (Fsp3) is 0.308. The van der Waals surface area contributed by atoms with E-state index in [1.54, 1.807) is 6.20 Å². The lowest BCUT2D eigenvalue weighted by Gasteiger charge is -2.15. The molecule has 0 aliphatic carbocycles. The summed E-state index contributed by atoms with van der Waals surface area (Å²) in [5.41, 5.74) is 2.80. The molecule has 1 atom stereocenters. The number of halogens is 1. The molecule has 0 bridgehead atoms. The fourth-order valence-electron chi connectivity index (χ4n) is 1.92. The second-order valence-electron chi connectivity index (χ2n) is 3.93. The topological polar surface area (TPSA) is 38.0 Å². The number of aromatic nitrogens is 2. The van der Waals surface area contributed by atoms with Crippen LogP contribution in [0.25, 0.3) is 0 Å². The zero-order valence-corrected chi connectivity index (χ0v) is 11.5. The predicted octanol–water partition coefficient (Wildman–Crippen LogP) is 3.06. The standard InChI is InChI=1S/C13H15BrN2O/c1-3-16-12(7-8-15-16)13(17)10-5-4-6-11(14)9(10)2/h4-8,13,17H,3H2,1-2H3. The van der Waals surface area contributed by atoms with Gasteiger partial charge >= 0.3 is 0 Å². The van der Waals surface area contributed by atoms with Gasteiger partial charge in [0.1, 0.15) is 6.10 Å². The second-order valence-corrected chi connectivity index (χ2v) is 4.78. The Balaban J connectivity index is 2.44. The van der Waals surface area contributed by atoms with Crippen LogP contribution in [-0.4, -0.2) is 14.9 Å². The van der Waals surface area contributed by atoms with Crippen molar-refractivity contribution in [2.24, 2.45) is 0 Å². The van der Waals surface area contributed by atoms with Gasteiger partial charge in [0.25, 0.3) is 0 Å². The van der Waals surface area contributed by atoms with Crippen LogP contribution in [0.5, 0.6) is 0 Å². The molecule has 0 saturated heterocycles. The molecule has 0 spiro atoms. The van der Waals surface area contributed by atoms with Crippen LogP contribution in [0, 0.1) is 6.92 Å². The number of benzene rings is 1. The molecular weight excluding hydrogens is 280 g/mol. The molecule has 0 amide bonds. The van der Waals surface area contributed by atoms with Gasteiger partial charge in [0, 0.05) is 17.2 Å². The van der Waals surface area contributed by atoms with Crippen LogP contribution in [0.3, 0.4) is 0 Å². The molecule has 1 unspecified atom stereocenters. The first kappa shape index (κ1) is 12.3. The SMILES string of the molecule is CCn1nccc1C(O)c1cccc(Br)c1C. The normalized spacial score (nSPS) is 12.7. The quantitative estimate of drug-likeness (QED) is 0.945. The van der Waals surface area contributed by atoms with Crippen LogP contribution >= 0.6 is 15.9 Å². The van der Waals surface area contributed by atoms with Crippen LogP contribution in [0.1, 0.15) is 29.8 Å². The third-order valence-electron chi connectivity index (χ3n) is 2.93. The Morgan fingerprint density at radius 1 is 1.41 bits per heavy atom. The zero-order chi connectivity index (χ0) is 12.4. The first-order valence-corrected chi connectivity index (χ1v) is 6.39. The van der Waals surface area contributed by atoms with E-state index in [-0.39, 0.29) is 0 Å². The smallest absolute Gasteiger partial charge is 0.121 e. The van der Waals surface area contributed by atoms with Crippen molar-refractivity contribution in [1.82, 2.24) is 9.78 Å². The van der Waals surface area contributed by atoms with Gasteiger partial charge in [-0.2, -0.15) is 5.10 Å². The van der Waals surface area contributed by atoms with Gasteiger partial charge in [0.2, 0.25) is 0 Å². The van der Waals surface area contributed by atoms with Crippen molar-refractivity contribution in [2.45, 2.75) is 26.5 Å². The highest BCUT2D eigenvalue weighted by Crippen LogP contribution is 2.28. The molecule has 0 radical (unpaired) electrons. The molecule has 1 N–H and O–H groups in total. The number of aryl methyl sites for hydroxylation is 1. The molecule has 90 valence electrons. The van der Waals surface area contributed by atoms with Gasteiger partial charge in [-0.15, -0.1) is 0 Å². The molecule has 0 aliphatic rings. The summed E-state index contributed by atoms with van der Waals surface area (Å²) in [7, 11) is 0. The summed E-state index contributed by atoms with van der Waals surface area (Å²) in [6, 6.07) is 7.71. The first-order chi connectivity index (χ1) is 8.15. The molecule has 2 rings (SSSR count). The van der Waals surface area contributed by atoms with E-state index in [1.807, 2.05) is 42.8 Å².